The van der Waals surface area contributed by atoms with Crippen molar-refractivity contribution in [1.29, 1.82) is 0 Å². The number of rotatable bonds is 3. The molecule has 100 valence electrons. The molecule has 0 aromatic carbocycles. The average Bonchev–Trinajstić information content (AvgIpc) is 2.69. The maximum atomic E-state index is 12.2. The second-order valence-corrected chi connectivity index (χ2v) is 5.40. The van der Waals surface area contributed by atoms with E-state index in [2.05, 4.69) is 4.98 Å². The summed E-state index contributed by atoms with van der Waals surface area (Å²) in [6.45, 7) is 1.61. The predicted octanol–water partition coefficient (Wildman–Crippen LogP) is 2.56. The molecule has 1 aliphatic heterocycles. The summed E-state index contributed by atoms with van der Waals surface area (Å²) in [5, 5.41) is 9.62. The Balaban J connectivity index is 2.04. The van der Waals surface area contributed by atoms with Crippen molar-refractivity contribution < 1.29 is 9.90 Å². The zero-order valence-electron chi connectivity index (χ0n) is 9.96. The second-order valence-electron chi connectivity index (χ2n) is 4.62. The van der Waals surface area contributed by atoms with Crippen LogP contribution >= 0.6 is 23.2 Å². The molecule has 6 heteroatoms. The van der Waals surface area contributed by atoms with Crippen molar-refractivity contribution in [2.24, 2.45) is 5.92 Å². The summed E-state index contributed by atoms with van der Waals surface area (Å²) >= 11 is 11.6. The number of aromatic amines is 1. The van der Waals surface area contributed by atoms with Crippen LogP contribution in [0.4, 0.5) is 0 Å². The van der Waals surface area contributed by atoms with Crippen LogP contribution in [0.5, 0.6) is 0 Å². The lowest BCUT2D eigenvalue weighted by Gasteiger charge is -2.32. The van der Waals surface area contributed by atoms with E-state index < -0.39 is 0 Å². The van der Waals surface area contributed by atoms with Crippen LogP contribution in [0.2, 0.25) is 10.2 Å². The van der Waals surface area contributed by atoms with Crippen molar-refractivity contribution in [2.45, 2.75) is 19.3 Å². The highest BCUT2D eigenvalue weighted by Gasteiger charge is 2.25. The van der Waals surface area contributed by atoms with Gasteiger partial charge in [0.1, 0.15) is 10.8 Å². The van der Waals surface area contributed by atoms with Crippen molar-refractivity contribution in [1.82, 2.24) is 9.88 Å². The normalized spacial score (nSPS) is 20.2. The van der Waals surface area contributed by atoms with Crippen molar-refractivity contribution >= 4 is 29.1 Å². The molecule has 4 nitrogen and oxygen atoms in total. The summed E-state index contributed by atoms with van der Waals surface area (Å²) < 4.78 is 0. The highest BCUT2D eigenvalue weighted by atomic mass is 35.5. The summed E-state index contributed by atoms with van der Waals surface area (Å²) in [6.07, 6.45) is 2.78. The molecule has 0 spiro atoms. The van der Waals surface area contributed by atoms with Crippen molar-refractivity contribution in [3.05, 3.63) is 21.9 Å². The minimum absolute atomic E-state index is 0.0774. The quantitative estimate of drug-likeness (QED) is 0.899. The van der Waals surface area contributed by atoms with Crippen LogP contribution in [0.3, 0.4) is 0 Å². The number of likely N-dealkylation sites (tertiary alicyclic amines) is 1. The Morgan fingerprint density at radius 2 is 2.33 bits per heavy atom. The van der Waals surface area contributed by atoms with E-state index in [0.717, 1.165) is 25.8 Å². The molecule has 1 amide bonds. The molecule has 0 saturated carbocycles. The Bertz CT molecular complexity index is 412. The van der Waals surface area contributed by atoms with Gasteiger partial charge in [-0.15, -0.1) is 0 Å². The lowest BCUT2D eigenvalue weighted by Crippen LogP contribution is -2.40. The SMILES string of the molecule is O=C(c1cc(Cl)c(Cl)[nH]1)N1CCCC(CCO)C1. The number of halogens is 2. The van der Waals surface area contributed by atoms with E-state index in [4.69, 9.17) is 28.3 Å². The molecule has 1 aromatic heterocycles. The molecular weight excluding hydrogens is 275 g/mol. The summed E-state index contributed by atoms with van der Waals surface area (Å²) in [5.41, 5.74) is 0.426. The molecule has 1 unspecified atom stereocenters. The van der Waals surface area contributed by atoms with Gasteiger partial charge in [-0.2, -0.15) is 0 Å². The fourth-order valence-corrected chi connectivity index (χ4v) is 2.67. The third-order valence-corrected chi connectivity index (χ3v) is 3.99. The van der Waals surface area contributed by atoms with E-state index in [-0.39, 0.29) is 12.5 Å². The van der Waals surface area contributed by atoms with E-state index >= 15 is 0 Å². The minimum atomic E-state index is -0.0774. The lowest BCUT2D eigenvalue weighted by atomic mass is 9.95. The van der Waals surface area contributed by atoms with Crippen LogP contribution in [0.15, 0.2) is 6.07 Å². The first-order valence-electron chi connectivity index (χ1n) is 6.06. The van der Waals surface area contributed by atoms with Gasteiger partial charge < -0.3 is 15.0 Å². The van der Waals surface area contributed by atoms with Crippen molar-refractivity contribution in [3.63, 3.8) is 0 Å². The number of piperidine rings is 1. The number of aromatic nitrogens is 1. The van der Waals surface area contributed by atoms with E-state index in [1.165, 1.54) is 0 Å². The summed E-state index contributed by atoms with van der Waals surface area (Å²) in [7, 11) is 0. The third kappa shape index (κ3) is 2.99. The van der Waals surface area contributed by atoms with Gasteiger partial charge in [0.25, 0.3) is 5.91 Å². The third-order valence-electron chi connectivity index (χ3n) is 3.30. The number of amides is 1. The number of nitrogens with zero attached hydrogens (tertiary/aromatic N) is 1. The topological polar surface area (TPSA) is 56.3 Å². The predicted molar refractivity (Wildman–Crippen MR) is 71.1 cm³/mol. The van der Waals surface area contributed by atoms with Gasteiger partial charge in [-0.25, -0.2) is 0 Å². The molecule has 1 aliphatic rings. The van der Waals surface area contributed by atoms with Crippen LogP contribution in [0, 0.1) is 5.92 Å². The lowest BCUT2D eigenvalue weighted by molar-refractivity contribution is 0.0648. The Labute approximate surface area is 116 Å². The highest BCUT2D eigenvalue weighted by Crippen LogP contribution is 2.25. The van der Waals surface area contributed by atoms with Gasteiger partial charge in [-0.05, 0) is 31.2 Å². The zero-order valence-corrected chi connectivity index (χ0v) is 11.5. The fourth-order valence-electron chi connectivity index (χ4n) is 2.36. The van der Waals surface area contributed by atoms with Crippen LogP contribution in [-0.4, -0.2) is 40.6 Å². The molecule has 1 atom stereocenters. The standard InChI is InChI=1S/C12H16Cl2N2O2/c13-9-6-10(15-11(9)14)12(18)16-4-1-2-8(7-16)3-5-17/h6,8,15,17H,1-5,7H2. The fraction of sp³-hybridized carbons (Fsp3) is 0.583. The van der Waals surface area contributed by atoms with Gasteiger partial charge in [0.15, 0.2) is 0 Å². The van der Waals surface area contributed by atoms with Crippen LogP contribution in [-0.2, 0) is 0 Å². The second kappa shape index (κ2) is 5.95. The number of aliphatic hydroxyl groups excluding tert-OH is 1. The molecule has 2 N–H and O–H groups in total. The Hall–Kier alpha value is -0.710. The first kappa shape index (κ1) is 13.7. The molecular formula is C12H16Cl2N2O2. The smallest absolute Gasteiger partial charge is 0.270 e. The summed E-state index contributed by atoms with van der Waals surface area (Å²) in [5.74, 6) is 0.306. The number of hydrogen-bond donors (Lipinski definition) is 2. The van der Waals surface area contributed by atoms with E-state index in [1.807, 2.05) is 0 Å². The Morgan fingerprint density at radius 1 is 1.56 bits per heavy atom. The molecule has 2 heterocycles. The average molecular weight is 291 g/mol. The van der Waals surface area contributed by atoms with Crippen molar-refractivity contribution in [3.8, 4) is 0 Å². The van der Waals surface area contributed by atoms with E-state index in [1.54, 1.807) is 11.0 Å². The van der Waals surface area contributed by atoms with Crippen LogP contribution in [0.25, 0.3) is 0 Å². The number of carbonyl (C=O) groups is 1. The molecule has 0 radical (unpaired) electrons. The van der Waals surface area contributed by atoms with Gasteiger partial charge in [-0.1, -0.05) is 23.2 Å². The molecule has 0 bridgehead atoms. The van der Waals surface area contributed by atoms with Crippen LogP contribution in [0.1, 0.15) is 29.8 Å². The maximum absolute atomic E-state index is 12.2. The number of aliphatic hydroxyl groups is 1. The first-order chi connectivity index (χ1) is 8.61. The molecule has 1 fully saturated rings. The Morgan fingerprint density at radius 3 is 2.94 bits per heavy atom. The van der Waals surface area contributed by atoms with Crippen LogP contribution < -0.4 is 0 Å². The number of hydrogen-bond acceptors (Lipinski definition) is 2. The number of H-pyrrole nitrogens is 1. The van der Waals surface area contributed by atoms with Gasteiger partial charge in [0.2, 0.25) is 0 Å². The summed E-state index contributed by atoms with van der Waals surface area (Å²) in [4.78, 5) is 16.8. The highest BCUT2D eigenvalue weighted by molar-refractivity contribution is 6.41. The largest absolute Gasteiger partial charge is 0.396 e. The molecule has 1 aromatic rings. The minimum Gasteiger partial charge on any atom is -0.396 e. The van der Waals surface area contributed by atoms with Gasteiger partial charge >= 0.3 is 0 Å². The van der Waals surface area contributed by atoms with E-state index in [0.29, 0.717) is 28.3 Å². The molecule has 1 saturated heterocycles. The number of carbonyl (C=O) groups excluding carboxylic acids is 1. The van der Waals surface area contributed by atoms with Gasteiger partial charge in [0.05, 0.1) is 5.02 Å². The molecule has 2 rings (SSSR count). The van der Waals surface area contributed by atoms with Gasteiger partial charge in [-0.3, -0.25) is 4.79 Å². The molecule has 18 heavy (non-hydrogen) atoms. The van der Waals surface area contributed by atoms with Crippen molar-refractivity contribution in [2.75, 3.05) is 19.7 Å². The monoisotopic (exact) mass is 290 g/mol. The maximum Gasteiger partial charge on any atom is 0.270 e. The Kier molecular flexibility index (Phi) is 4.54. The van der Waals surface area contributed by atoms with E-state index in [9.17, 15) is 4.79 Å². The number of nitrogens with one attached hydrogen (secondary N) is 1. The molecule has 0 aliphatic carbocycles. The summed E-state index contributed by atoms with van der Waals surface area (Å²) in [6, 6.07) is 1.56. The van der Waals surface area contributed by atoms with Gasteiger partial charge in [0, 0.05) is 19.7 Å². The zero-order chi connectivity index (χ0) is 13.1. The first-order valence-corrected chi connectivity index (χ1v) is 6.81.